The zero-order chi connectivity index (χ0) is 21.4. The molecule has 1 amide bonds. The third-order valence-electron chi connectivity index (χ3n) is 4.04. The lowest BCUT2D eigenvalue weighted by molar-refractivity contribution is -0.119. The number of carbonyl (C=O) groups excluding carboxylic acids is 1. The summed E-state index contributed by atoms with van der Waals surface area (Å²) in [5.74, 6) is -0.440. The van der Waals surface area contributed by atoms with Gasteiger partial charge in [-0.2, -0.15) is 5.10 Å². The Hall–Kier alpha value is -3.17. The van der Waals surface area contributed by atoms with Crippen molar-refractivity contribution in [3.05, 3.63) is 84.6 Å². The van der Waals surface area contributed by atoms with Crippen molar-refractivity contribution in [2.75, 3.05) is 17.1 Å². The highest BCUT2D eigenvalue weighted by Gasteiger charge is 2.27. The monoisotopic (exact) mass is 440 g/mol. The van der Waals surface area contributed by atoms with Gasteiger partial charge >= 0.3 is 0 Å². The molecule has 3 aromatic rings. The van der Waals surface area contributed by atoms with Crippen LogP contribution in [-0.4, -0.2) is 38.3 Å². The van der Waals surface area contributed by atoms with E-state index in [9.17, 15) is 13.2 Å². The van der Waals surface area contributed by atoms with E-state index >= 15 is 0 Å². The van der Waals surface area contributed by atoms with E-state index in [1.165, 1.54) is 30.6 Å². The molecule has 0 aliphatic carbocycles. The molecule has 7 nitrogen and oxygen atoms in total. The van der Waals surface area contributed by atoms with E-state index in [0.717, 1.165) is 14.8 Å². The van der Waals surface area contributed by atoms with E-state index in [4.69, 9.17) is 0 Å². The highest BCUT2D eigenvalue weighted by Crippen LogP contribution is 2.21. The molecule has 9 heteroatoms. The summed E-state index contributed by atoms with van der Waals surface area (Å²) < 4.78 is 27.1. The van der Waals surface area contributed by atoms with Crippen molar-refractivity contribution in [1.82, 2.24) is 10.4 Å². The van der Waals surface area contributed by atoms with E-state index in [2.05, 4.69) is 15.5 Å². The SMILES string of the molecule is CSc1ccc(/C=N\NC(=O)CN(c2ccccn2)S(=O)(=O)c2ccccc2)cc1. The topological polar surface area (TPSA) is 91.7 Å². The van der Waals surface area contributed by atoms with E-state index in [-0.39, 0.29) is 10.7 Å². The number of rotatable bonds is 8. The van der Waals surface area contributed by atoms with Crippen molar-refractivity contribution in [2.24, 2.45) is 5.10 Å². The van der Waals surface area contributed by atoms with Crippen LogP contribution in [0.5, 0.6) is 0 Å². The first-order valence-electron chi connectivity index (χ1n) is 8.95. The summed E-state index contributed by atoms with van der Waals surface area (Å²) in [5.41, 5.74) is 3.19. The van der Waals surface area contributed by atoms with Gasteiger partial charge in [0.2, 0.25) is 0 Å². The lowest BCUT2D eigenvalue weighted by atomic mass is 10.2. The zero-order valence-electron chi connectivity index (χ0n) is 16.2. The lowest BCUT2D eigenvalue weighted by Crippen LogP contribution is -2.40. The number of benzene rings is 2. The van der Waals surface area contributed by atoms with Crippen molar-refractivity contribution < 1.29 is 13.2 Å². The van der Waals surface area contributed by atoms with Crippen molar-refractivity contribution in [2.45, 2.75) is 9.79 Å². The van der Waals surface area contributed by atoms with E-state index in [1.807, 2.05) is 30.5 Å². The number of hydrazone groups is 1. The van der Waals surface area contributed by atoms with Gasteiger partial charge in [0.15, 0.2) is 0 Å². The van der Waals surface area contributed by atoms with Gasteiger partial charge in [0, 0.05) is 11.1 Å². The van der Waals surface area contributed by atoms with Crippen molar-refractivity contribution in [1.29, 1.82) is 0 Å². The fourth-order valence-corrected chi connectivity index (χ4v) is 4.35. The van der Waals surface area contributed by atoms with Gasteiger partial charge in [-0.3, -0.25) is 4.79 Å². The summed E-state index contributed by atoms with van der Waals surface area (Å²) in [5, 5.41) is 3.93. The summed E-state index contributed by atoms with van der Waals surface area (Å²) in [6, 6.07) is 20.4. The van der Waals surface area contributed by atoms with Crippen LogP contribution >= 0.6 is 11.8 Å². The highest BCUT2D eigenvalue weighted by molar-refractivity contribution is 7.98. The Morgan fingerprint density at radius 1 is 1.07 bits per heavy atom. The number of aromatic nitrogens is 1. The number of nitrogens with one attached hydrogen (secondary N) is 1. The van der Waals surface area contributed by atoms with Crippen LogP contribution in [0.15, 0.2) is 93.9 Å². The van der Waals surface area contributed by atoms with E-state index in [0.29, 0.717) is 0 Å². The second kappa shape index (κ2) is 10.0. The minimum Gasteiger partial charge on any atom is -0.271 e. The van der Waals surface area contributed by atoms with Gasteiger partial charge in [0.1, 0.15) is 12.4 Å². The largest absolute Gasteiger partial charge is 0.271 e. The molecular formula is C21H20N4O3S2. The Bertz CT molecular complexity index is 1100. The van der Waals surface area contributed by atoms with Gasteiger partial charge in [-0.15, -0.1) is 11.8 Å². The normalized spacial score (nSPS) is 11.4. The second-order valence-corrected chi connectivity index (χ2v) is 8.82. The maximum absolute atomic E-state index is 13.1. The van der Waals surface area contributed by atoms with Crippen LogP contribution < -0.4 is 9.73 Å². The van der Waals surface area contributed by atoms with Crippen LogP contribution in [0.3, 0.4) is 0 Å². The van der Waals surface area contributed by atoms with Gasteiger partial charge in [0.05, 0.1) is 11.1 Å². The molecular weight excluding hydrogens is 420 g/mol. The van der Waals surface area contributed by atoms with E-state index < -0.39 is 22.5 Å². The quantitative estimate of drug-likeness (QED) is 0.330. The predicted octanol–water partition coefficient (Wildman–Crippen LogP) is 3.15. The molecule has 0 radical (unpaired) electrons. The van der Waals surface area contributed by atoms with Crippen molar-refractivity contribution >= 4 is 39.7 Å². The molecule has 0 saturated heterocycles. The smallest absolute Gasteiger partial charge is 0.265 e. The van der Waals surface area contributed by atoms with Crippen LogP contribution in [-0.2, 0) is 14.8 Å². The molecule has 1 aromatic heterocycles. The van der Waals surface area contributed by atoms with Gasteiger partial charge in [0.25, 0.3) is 15.9 Å². The molecule has 30 heavy (non-hydrogen) atoms. The average Bonchev–Trinajstić information content (AvgIpc) is 2.79. The van der Waals surface area contributed by atoms with Gasteiger partial charge in [-0.1, -0.05) is 36.4 Å². The Balaban J connectivity index is 1.76. The number of carbonyl (C=O) groups is 1. The van der Waals surface area contributed by atoms with Crippen molar-refractivity contribution in [3.8, 4) is 0 Å². The zero-order valence-corrected chi connectivity index (χ0v) is 17.8. The summed E-state index contributed by atoms with van der Waals surface area (Å²) >= 11 is 1.63. The molecule has 1 N–H and O–H groups in total. The molecule has 0 unspecified atom stereocenters. The standard InChI is InChI=1S/C21H20N4O3S2/c1-29-18-12-10-17(11-13-18)15-23-24-21(26)16-25(20-9-5-6-14-22-20)30(27,28)19-7-3-2-4-8-19/h2-15H,16H2,1H3,(H,24,26)/b23-15-. The number of hydrogen-bond donors (Lipinski definition) is 1. The Kier molecular flexibility index (Phi) is 7.21. The molecule has 0 aliphatic heterocycles. The van der Waals surface area contributed by atoms with E-state index in [1.54, 1.807) is 42.1 Å². The number of anilines is 1. The third-order valence-corrected chi connectivity index (χ3v) is 6.55. The number of amides is 1. The van der Waals surface area contributed by atoms with Gasteiger partial charge in [-0.05, 0) is 48.2 Å². The molecule has 0 fully saturated rings. The Morgan fingerprint density at radius 2 is 1.77 bits per heavy atom. The molecule has 0 aliphatic rings. The highest BCUT2D eigenvalue weighted by atomic mass is 32.2. The molecule has 0 saturated carbocycles. The number of nitrogens with zero attached hydrogens (tertiary/aromatic N) is 3. The summed E-state index contributed by atoms with van der Waals surface area (Å²) in [7, 11) is -3.98. The number of sulfonamides is 1. The summed E-state index contributed by atoms with van der Waals surface area (Å²) in [4.78, 5) is 17.7. The van der Waals surface area contributed by atoms with Gasteiger partial charge in [-0.25, -0.2) is 23.1 Å². The van der Waals surface area contributed by atoms with Crippen LogP contribution in [0.2, 0.25) is 0 Å². The third kappa shape index (κ3) is 5.46. The first-order chi connectivity index (χ1) is 14.5. The molecule has 0 atom stereocenters. The summed E-state index contributed by atoms with van der Waals surface area (Å²) in [6.07, 6.45) is 4.95. The molecule has 0 spiro atoms. The first-order valence-corrected chi connectivity index (χ1v) is 11.6. The number of hydrogen-bond acceptors (Lipinski definition) is 6. The maximum atomic E-state index is 13.1. The Labute approximate surface area is 179 Å². The molecule has 2 aromatic carbocycles. The molecule has 0 bridgehead atoms. The van der Waals surface area contributed by atoms with Gasteiger partial charge < -0.3 is 0 Å². The number of pyridine rings is 1. The van der Waals surface area contributed by atoms with Crippen molar-refractivity contribution in [3.63, 3.8) is 0 Å². The Morgan fingerprint density at radius 3 is 2.40 bits per heavy atom. The predicted molar refractivity (Wildman–Crippen MR) is 119 cm³/mol. The van der Waals surface area contributed by atoms with Crippen LogP contribution in [0.25, 0.3) is 0 Å². The van der Waals surface area contributed by atoms with Crippen LogP contribution in [0.1, 0.15) is 5.56 Å². The summed E-state index contributed by atoms with van der Waals surface area (Å²) in [6.45, 7) is -0.461. The first kappa shape index (κ1) is 21.5. The fourth-order valence-electron chi connectivity index (χ4n) is 2.54. The van der Waals surface area contributed by atoms with Crippen LogP contribution in [0.4, 0.5) is 5.82 Å². The average molecular weight is 441 g/mol. The second-order valence-electron chi connectivity index (χ2n) is 6.08. The number of thioether (sulfide) groups is 1. The molecule has 3 rings (SSSR count). The molecule has 154 valence electrons. The maximum Gasteiger partial charge on any atom is 0.265 e. The minimum absolute atomic E-state index is 0.0702. The minimum atomic E-state index is -3.98. The molecule has 1 heterocycles. The fraction of sp³-hybridized carbons (Fsp3) is 0.0952. The lowest BCUT2D eigenvalue weighted by Gasteiger charge is -2.22. The van der Waals surface area contributed by atoms with Crippen LogP contribution in [0, 0.1) is 0 Å².